The molecule has 4 aromatic rings. The third-order valence-electron chi connectivity index (χ3n) is 5.80. The third kappa shape index (κ3) is 4.88. The standard InChI is InChI=1S/C28H26N4O4/c1-16-9-11-22(17(2)13-16)30-28(35)21-14-18-7-5-6-8-20(18)25(26(21)33)32-31-23-12-10-19(27(34)29-3)15-24(23)36-4/h5-15,33H,1-4H3,(H,29,34)(H,30,35)/b32-31+. The molecule has 36 heavy (non-hydrogen) atoms. The molecule has 3 N–H and O–H groups in total. The molecule has 0 aliphatic rings. The fourth-order valence-electron chi connectivity index (χ4n) is 3.88. The molecule has 0 atom stereocenters. The van der Waals surface area contributed by atoms with Gasteiger partial charge in [0.2, 0.25) is 0 Å². The SMILES string of the molecule is CNC(=O)c1ccc(/N=N/c2c(O)c(C(=O)Nc3ccc(C)cc3C)cc3ccccc23)c(OC)c1. The molecule has 0 saturated carbocycles. The minimum atomic E-state index is -0.464. The molecule has 8 nitrogen and oxygen atoms in total. The number of methoxy groups -OCH3 is 1. The Bertz CT molecular complexity index is 1510. The van der Waals surface area contributed by atoms with Crippen LogP contribution < -0.4 is 15.4 Å². The summed E-state index contributed by atoms with van der Waals surface area (Å²) in [7, 11) is 3.01. The number of aromatic hydroxyl groups is 1. The summed E-state index contributed by atoms with van der Waals surface area (Å²) in [5.41, 5.74) is 3.64. The van der Waals surface area contributed by atoms with E-state index in [1.807, 2.05) is 50.2 Å². The molecule has 0 aliphatic heterocycles. The van der Waals surface area contributed by atoms with E-state index < -0.39 is 5.91 Å². The van der Waals surface area contributed by atoms with Gasteiger partial charge in [-0.25, -0.2) is 0 Å². The van der Waals surface area contributed by atoms with Crippen LogP contribution in [-0.4, -0.2) is 31.1 Å². The van der Waals surface area contributed by atoms with E-state index in [9.17, 15) is 14.7 Å². The number of anilines is 1. The quantitative estimate of drug-likeness (QED) is 0.284. The zero-order chi connectivity index (χ0) is 25.8. The number of phenols is 1. The van der Waals surface area contributed by atoms with Gasteiger partial charge in [-0.1, -0.05) is 42.0 Å². The Morgan fingerprint density at radius 3 is 2.42 bits per heavy atom. The maximum absolute atomic E-state index is 13.2. The average molecular weight is 483 g/mol. The van der Waals surface area contributed by atoms with Crippen LogP contribution in [0.5, 0.6) is 11.5 Å². The maximum atomic E-state index is 13.2. The highest BCUT2D eigenvalue weighted by Crippen LogP contribution is 2.40. The summed E-state index contributed by atoms with van der Waals surface area (Å²) in [5, 5.41) is 26.5. The number of hydrogen-bond donors (Lipinski definition) is 3. The van der Waals surface area contributed by atoms with E-state index in [2.05, 4.69) is 20.9 Å². The lowest BCUT2D eigenvalue weighted by Crippen LogP contribution is -2.17. The largest absolute Gasteiger partial charge is 0.505 e. The molecule has 0 spiro atoms. The van der Waals surface area contributed by atoms with Crippen LogP contribution in [0, 0.1) is 13.8 Å². The smallest absolute Gasteiger partial charge is 0.259 e. The second kappa shape index (κ2) is 10.3. The van der Waals surface area contributed by atoms with Crippen LogP contribution in [0.25, 0.3) is 10.8 Å². The molecule has 182 valence electrons. The first kappa shape index (κ1) is 24.4. The van der Waals surface area contributed by atoms with Crippen molar-refractivity contribution in [2.75, 3.05) is 19.5 Å². The Balaban J connectivity index is 1.76. The minimum Gasteiger partial charge on any atom is -0.505 e. The Morgan fingerprint density at radius 1 is 0.917 bits per heavy atom. The fourth-order valence-corrected chi connectivity index (χ4v) is 3.88. The summed E-state index contributed by atoms with van der Waals surface area (Å²) in [4.78, 5) is 25.1. The first-order valence-corrected chi connectivity index (χ1v) is 11.3. The topological polar surface area (TPSA) is 112 Å². The summed E-state index contributed by atoms with van der Waals surface area (Å²) < 4.78 is 5.37. The summed E-state index contributed by atoms with van der Waals surface area (Å²) in [6.45, 7) is 3.89. The molecule has 0 aliphatic carbocycles. The number of hydrogen-bond acceptors (Lipinski definition) is 6. The summed E-state index contributed by atoms with van der Waals surface area (Å²) in [6, 6.07) is 19.4. The molecule has 0 heterocycles. The van der Waals surface area contributed by atoms with Crippen LogP contribution in [0.4, 0.5) is 17.1 Å². The van der Waals surface area contributed by atoms with Gasteiger partial charge < -0.3 is 20.5 Å². The van der Waals surface area contributed by atoms with E-state index in [1.54, 1.807) is 37.4 Å². The number of nitrogens with zero attached hydrogens (tertiary/aromatic N) is 2. The van der Waals surface area contributed by atoms with Crippen LogP contribution in [0.3, 0.4) is 0 Å². The maximum Gasteiger partial charge on any atom is 0.259 e. The monoisotopic (exact) mass is 482 g/mol. The average Bonchev–Trinajstić information content (AvgIpc) is 2.88. The van der Waals surface area contributed by atoms with Crippen molar-refractivity contribution in [3.8, 4) is 11.5 Å². The molecule has 0 aromatic heterocycles. The van der Waals surface area contributed by atoms with Crippen molar-refractivity contribution in [2.24, 2.45) is 10.2 Å². The van der Waals surface area contributed by atoms with E-state index in [0.29, 0.717) is 28.1 Å². The highest BCUT2D eigenvalue weighted by atomic mass is 16.5. The fraction of sp³-hybridized carbons (Fsp3) is 0.143. The molecule has 4 rings (SSSR count). The van der Waals surface area contributed by atoms with Crippen molar-refractivity contribution in [1.29, 1.82) is 0 Å². The van der Waals surface area contributed by atoms with Gasteiger partial charge in [-0.2, -0.15) is 0 Å². The highest BCUT2D eigenvalue weighted by Gasteiger charge is 2.19. The minimum absolute atomic E-state index is 0.0737. The lowest BCUT2D eigenvalue weighted by atomic mass is 10.0. The van der Waals surface area contributed by atoms with Gasteiger partial charge in [0.1, 0.15) is 17.1 Å². The Kier molecular flexibility index (Phi) is 6.96. The van der Waals surface area contributed by atoms with Crippen LogP contribution in [0.1, 0.15) is 31.8 Å². The van der Waals surface area contributed by atoms with Gasteiger partial charge in [-0.15, -0.1) is 10.2 Å². The van der Waals surface area contributed by atoms with Crippen molar-refractivity contribution in [1.82, 2.24) is 5.32 Å². The molecule has 0 unspecified atom stereocenters. The number of fused-ring (bicyclic) bond motifs is 1. The number of benzene rings is 4. The Labute approximate surface area is 208 Å². The zero-order valence-corrected chi connectivity index (χ0v) is 20.4. The van der Waals surface area contributed by atoms with Gasteiger partial charge in [-0.3, -0.25) is 9.59 Å². The van der Waals surface area contributed by atoms with Crippen molar-refractivity contribution in [3.05, 3.63) is 89.0 Å². The number of azo groups is 1. The molecule has 8 heteroatoms. The van der Waals surface area contributed by atoms with Crippen LogP contribution in [0.15, 0.2) is 77.0 Å². The van der Waals surface area contributed by atoms with Gasteiger partial charge in [0.05, 0.1) is 12.7 Å². The van der Waals surface area contributed by atoms with Crippen molar-refractivity contribution >= 4 is 39.6 Å². The van der Waals surface area contributed by atoms with Gasteiger partial charge in [0.25, 0.3) is 11.8 Å². The van der Waals surface area contributed by atoms with Crippen molar-refractivity contribution < 1.29 is 19.4 Å². The second-order valence-corrected chi connectivity index (χ2v) is 8.28. The van der Waals surface area contributed by atoms with Gasteiger partial charge >= 0.3 is 0 Å². The van der Waals surface area contributed by atoms with E-state index in [-0.39, 0.29) is 22.9 Å². The van der Waals surface area contributed by atoms with Gasteiger partial charge in [0, 0.05) is 23.7 Å². The Morgan fingerprint density at radius 2 is 1.69 bits per heavy atom. The predicted molar refractivity (Wildman–Crippen MR) is 140 cm³/mol. The number of phenolic OH excluding ortho intramolecular Hbond substituents is 1. The molecule has 4 aromatic carbocycles. The van der Waals surface area contributed by atoms with Gasteiger partial charge in [-0.05, 0) is 55.1 Å². The molecule has 2 amide bonds. The molecule has 0 bridgehead atoms. The summed E-state index contributed by atoms with van der Waals surface area (Å²) in [5.74, 6) is -0.676. The molecular weight excluding hydrogens is 456 g/mol. The molecular formula is C28H26N4O4. The van der Waals surface area contributed by atoms with Gasteiger partial charge in [0.15, 0.2) is 5.75 Å². The van der Waals surface area contributed by atoms with Crippen molar-refractivity contribution in [3.63, 3.8) is 0 Å². The zero-order valence-electron chi connectivity index (χ0n) is 20.4. The lowest BCUT2D eigenvalue weighted by molar-refractivity contribution is 0.0961. The van der Waals surface area contributed by atoms with Crippen molar-refractivity contribution in [2.45, 2.75) is 13.8 Å². The second-order valence-electron chi connectivity index (χ2n) is 8.28. The third-order valence-corrected chi connectivity index (χ3v) is 5.80. The number of aryl methyl sites for hydroxylation is 2. The lowest BCUT2D eigenvalue weighted by Gasteiger charge is -2.13. The number of nitrogens with one attached hydrogen (secondary N) is 2. The number of rotatable bonds is 6. The van der Waals surface area contributed by atoms with Crippen LogP contribution >= 0.6 is 0 Å². The first-order valence-electron chi connectivity index (χ1n) is 11.3. The summed E-state index contributed by atoms with van der Waals surface area (Å²) >= 11 is 0. The highest BCUT2D eigenvalue weighted by molar-refractivity contribution is 6.12. The molecule has 0 radical (unpaired) electrons. The van der Waals surface area contributed by atoms with E-state index in [1.165, 1.54) is 7.11 Å². The van der Waals surface area contributed by atoms with E-state index in [4.69, 9.17) is 4.74 Å². The molecule has 0 saturated heterocycles. The molecule has 0 fully saturated rings. The number of amides is 2. The number of carbonyl (C=O) groups is 2. The normalized spacial score (nSPS) is 11.0. The van der Waals surface area contributed by atoms with Crippen LogP contribution in [-0.2, 0) is 0 Å². The van der Waals surface area contributed by atoms with Crippen LogP contribution in [0.2, 0.25) is 0 Å². The van der Waals surface area contributed by atoms with E-state index in [0.717, 1.165) is 16.5 Å². The first-order chi connectivity index (χ1) is 17.3. The number of ether oxygens (including phenoxy) is 1. The number of carbonyl (C=O) groups excluding carboxylic acids is 2. The summed E-state index contributed by atoms with van der Waals surface area (Å²) in [6.07, 6.45) is 0. The Hall–Kier alpha value is -4.72. The van der Waals surface area contributed by atoms with E-state index >= 15 is 0 Å². The predicted octanol–water partition coefficient (Wildman–Crippen LogP) is 6.20.